The van der Waals surface area contributed by atoms with Crippen LogP contribution in [0.3, 0.4) is 0 Å². The summed E-state index contributed by atoms with van der Waals surface area (Å²) in [5, 5.41) is 13.4. The maximum absolute atomic E-state index is 13.3. The molecule has 1 amide bonds. The van der Waals surface area contributed by atoms with Gasteiger partial charge in [0.25, 0.3) is 15.6 Å². The van der Waals surface area contributed by atoms with Crippen LogP contribution in [-0.2, 0) is 14.8 Å². The number of thioether (sulfide) groups is 1. The summed E-state index contributed by atoms with van der Waals surface area (Å²) in [6.07, 6.45) is 4.36. The Labute approximate surface area is 221 Å². The van der Waals surface area contributed by atoms with Crippen molar-refractivity contribution in [3.8, 4) is 5.69 Å². The Morgan fingerprint density at radius 3 is 2.54 bits per heavy atom. The molecule has 0 spiro atoms. The van der Waals surface area contributed by atoms with E-state index in [0.29, 0.717) is 15.8 Å². The van der Waals surface area contributed by atoms with Crippen molar-refractivity contribution < 1.29 is 13.2 Å². The third-order valence-electron chi connectivity index (χ3n) is 4.64. The van der Waals surface area contributed by atoms with Crippen molar-refractivity contribution in [2.75, 3.05) is 15.8 Å². The quantitative estimate of drug-likeness (QED) is 0.206. The molecule has 4 heterocycles. The second kappa shape index (κ2) is 10.3. The Morgan fingerprint density at radius 2 is 1.84 bits per heavy atom. The van der Waals surface area contributed by atoms with Crippen molar-refractivity contribution in [1.82, 2.24) is 34.7 Å². The summed E-state index contributed by atoms with van der Waals surface area (Å²) in [5.41, 5.74) is -0.0241. The molecule has 0 aliphatic rings. The fraction of sp³-hybridized carbons (Fsp3) is 0.100. The highest BCUT2D eigenvalue weighted by molar-refractivity contribution is 7.99. The maximum Gasteiger partial charge on any atom is 0.286 e. The molecule has 0 radical (unpaired) electrons. The van der Waals surface area contributed by atoms with Gasteiger partial charge in [-0.25, -0.2) is 28.4 Å². The number of rotatable bonds is 8. The van der Waals surface area contributed by atoms with E-state index < -0.39 is 15.6 Å². The average molecular weight is 574 g/mol. The number of hydrogen-bond donors (Lipinski definition) is 2. The average Bonchev–Trinajstić information content (AvgIpc) is 3.54. The zero-order valence-electron chi connectivity index (χ0n) is 18.7. The van der Waals surface area contributed by atoms with Crippen molar-refractivity contribution in [2.45, 2.75) is 17.0 Å². The monoisotopic (exact) mass is 573 g/mol. The Morgan fingerprint density at radius 1 is 1.05 bits per heavy atom. The van der Waals surface area contributed by atoms with Crippen LogP contribution in [0.4, 0.5) is 10.3 Å². The van der Waals surface area contributed by atoms with Gasteiger partial charge in [-0.2, -0.15) is 0 Å². The fourth-order valence-electron chi connectivity index (χ4n) is 3.08. The number of aromatic nitrogens is 7. The van der Waals surface area contributed by atoms with Gasteiger partial charge in [0, 0.05) is 24.0 Å². The molecule has 4 aromatic heterocycles. The lowest BCUT2D eigenvalue weighted by molar-refractivity contribution is -0.113. The number of hydrogen-bond acceptors (Lipinski definition) is 13. The van der Waals surface area contributed by atoms with Crippen LogP contribution in [0.2, 0.25) is 0 Å². The minimum absolute atomic E-state index is 0.0316. The first kappa shape index (κ1) is 24.9. The molecule has 2 N–H and O–H groups in total. The van der Waals surface area contributed by atoms with Crippen LogP contribution >= 0.6 is 34.4 Å². The third-order valence-corrected chi connectivity index (χ3v) is 8.51. The number of nitrogens with zero attached hydrogens (tertiary/aromatic N) is 7. The minimum Gasteiger partial charge on any atom is -0.301 e. The second-order valence-corrected chi connectivity index (χ2v) is 11.9. The number of aryl methyl sites for hydroxylation is 1. The number of carbonyl (C=O) groups is 1. The largest absolute Gasteiger partial charge is 0.301 e. The van der Waals surface area contributed by atoms with E-state index in [-0.39, 0.29) is 38.0 Å². The SMILES string of the molecule is Cc1nnc(NS(=O)(=O)c2ccc(-n3c(SCC(=O)Nc4nccs4)nc4nccnc4c3=O)cc2)s1. The van der Waals surface area contributed by atoms with E-state index in [0.717, 1.165) is 23.1 Å². The first-order valence-corrected chi connectivity index (χ1v) is 14.5. The second-order valence-electron chi connectivity index (χ2n) is 7.16. The zero-order chi connectivity index (χ0) is 26.0. The predicted molar refractivity (Wildman–Crippen MR) is 140 cm³/mol. The van der Waals surface area contributed by atoms with Crippen LogP contribution in [0, 0.1) is 6.92 Å². The molecule has 0 bridgehead atoms. The van der Waals surface area contributed by atoms with E-state index in [9.17, 15) is 18.0 Å². The number of amides is 1. The molecule has 37 heavy (non-hydrogen) atoms. The lowest BCUT2D eigenvalue weighted by Crippen LogP contribution is -2.24. The smallest absolute Gasteiger partial charge is 0.286 e. The fourth-order valence-corrected chi connectivity index (χ4v) is 6.25. The highest BCUT2D eigenvalue weighted by Gasteiger charge is 2.19. The molecule has 13 nitrogen and oxygen atoms in total. The predicted octanol–water partition coefficient (Wildman–Crippen LogP) is 2.32. The van der Waals surface area contributed by atoms with Gasteiger partial charge >= 0.3 is 0 Å². The Hall–Kier alpha value is -3.80. The molecule has 0 unspecified atom stereocenters. The first-order valence-electron chi connectivity index (χ1n) is 10.3. The molecule has 0 aliphatic heterocycles. The Bertz CT molecular complexity index is 1750. The molecule has 0 saturated heterocycles. The van der Waals surface area contributed by atoms with Gasteiger partial charge < -0.3 is 5.32 Å². The highest BCUT2D eigenvalue weighted by Crippen LogP contribution is 2.23. The van der Waals surface area contributed by atoms with Gasteiger partial charge in [-0.1, -0.05) is 23.1 Å². The molecule has 0 saturated carbocycles. The first-order chi connectivity index (χ1) is 17.8. The van der Waals surface area contributed by atoms with Crippen molar-refractivity contribution in [3.05, 3.63) is 63.6 Å². The van der Waals surface area contributed by atoms with Crippen molar-refractivity contribution in [2.24, 2.45) is 0 Å². The molecule has 5 aromatic rings. The van der Waals surface area contributed by atoms with Gasteiger partial charge in [0.15, 0.2) is 21.5 Å². The van der Waals surface area contributed by atoms with Crippen LogP contribution < -0.4 is 15.6 Å². The summed E-state index contributed by atoms with van der Waals surface area (Å²) >= 11 is 3.40. The standard InChI is InChI=1S/C20H15N9O4S4/c1-11-26-27-19(36-11)28-37(32,33)13-4-2-12(3-5-13)29-17(31)15-16(22-7-6-21-15)25-20(29)35-10-14(30)24-18-23-8-9-34-18/h2-9H,10H2,1H3,(H,27,28)(H,23,24,30). The van der Waals surface area contributed by atoms with Gasteiger partial charge in [-0.05, 0) is 31.2 Å². The molecule has 17 heteroatoms. The molecule has 188 valence electrons. The number of nitrogens with one attached hydrogen (secondary N) is 2. The Kier molecular flexibility index (Phi) is 6.92. The van der Waals surface area contributed by atoms with Crippen LogP contribution in [0.25, 0.3) is 16.9 Å². The van der Waals surface area contributed by atoms with E-state index in [4.69, 9.17) is 0 Å². The normalized spacial score (nSPS) is 11.5. The van der Waals surface area contributed by atoms with Gasteiger partial charge in [-0.3, -0.25) is 18.9 Å². The minimum atomic E-state index is -3.93. The van der Waals surface area contributed by atoms with E-state index in [1.165, 1.54) is 52.6 Å². The van der Waals surface area contributed by atoms with Gasteiger partial charge in [0.1, 0.15) is 5.01 Å². The van der Waals surface area contributed by atoms with E-state index >= 15 is 0 Å². The van der Waals surface area contributed by atoms with Crippen LogP contribution in [0.5, 0.6) is 0 Å². The lowest BCUT2D eigenvalue weighted by atomic mass is 10.3. The van der Waals surface area contributed by atoms with E-state index in [2.05, 4.69) is 40.2 Å². The van der Waals surface area contributed by atoms with Crippen molar-refractivity contribution in [3.63, 3.8) is 0 Å². The molecule has 0 atom stereocenters. The molecule has 1 aromatic carbocycles. The zero-order valence-corrected chi connectivity index (χ0v) is 22.0. The topological polar surface area (TPSA) is 175 Å². The summed E-state index contributed by atoms with van der Waals surface area (Å²) in [6, 6.07) is 5.63. The number of fused-ring (bicyclic) bond motifs is 1. The maximum atomic E-state index is 13.3. The number of carbonyl (C=O) groups excluding carboxylic acids is 1. The highest BCUT2D eigenvalue weighted by atomic mass is 32.2. The molecular weight excluding hydrogens is 559 g/mol. The van der Waals surface area contributed by atoms with Gasteiger partial charge in [-0.15, -0.1) is 21.5 Å². The van der Waals surface area contributed by atoms with E-state index in [1.807, 2.05) is 0 Å². The molecular formula is C20H15N9O4S4. The van der Waals surface area contributed by atoms with Gasteiger partial charge in [0.05, 0.1) is 16.3 Å². The summed E-state index contributed by atoms with van der Waals surface area (Å²) in [6.45, 7) is 1.71. The van der Waals surface area contributed by atoms with Crippen molar-refractivity contribution in [1.29, 1.82) is 0 Å². The van der Waals surface area contributed by atoms with Crippen LogP contribution in [-0.4, -0.2) is 54.8 Å². The van der Waals surface area contributed by atoms with Gasteiger partial charge in [0.2, 0.25) is 11.0 Å². The number of thiazole rings is 1. The lowest BCUT2D eigenvalue weighted by Gasteiger charge is -2.13. The summed E-state index contributed by atoms with van der Waals surface area (Å²) in [5.74, 6) is -0.394. The summed E-state index contributed by atoms with van der Waals surface area (Å²) in [7, 11) is -3.93. The summed E-state index contributed by atoms with van der Waals surface area (Å²) in [4.78, 5) is 42.3. The Balaban J connectivity index is 1.47. The number of benzene rings is 1. The molecule has 0 fully saturated rings. The van der Waals surface area contributed by atoms with Crippen LogP contribution in [0.15, 0.2) is 63.1 Å². The molecule has 5 rings (SSSR count). The van der Waals surface area contributed by atoms with E-state index in [1.54, 1.807) is 18.5 Å². The summed E-state index contributed by atoms with van der Waals surface area (Å²) < 4.78 is 29.1. The third kappa shape index (κ3) is 5.48. The van der Waals surface area contributed by atoms with Crippen molar-refractivity contribution >= 4 is 71.8 Å². The number of anilines is 2. The number of sulfonamides is 1. The molecule has 0 aliphatic carbocycles. The van der Waals surface area contributed by atoms with Crippen LogP contribution in [0.1, 0.15) is 5.01 Å².